The van der Waals surface area contributed by atoms with Crippen molar-refractivity contribution in [2.45, 2.75) is 12.8 Å². The number of hydrogen-bond donors (Lipinski definition) is 0. The summed E-state index contributed by atoms with van der Waals surface area (Å²) in [6.07, 6.45) is -4.55. The number of alkyl halides is 3. The maximum absolute atomic E-state index is 13.2. The first-order valence-corrected chi connectivity index (χ1v) is 5.90. The van der Waals surface area contributed by atoms with Crippen LogP contribution >= 0.6 is 0 Å². The first-order valence-electron chi connectivity index (χ1n) is 5.90. The highest BCUT2D eigenvalue weighted by molar-refractivity contribution is 5.59. The van der Waals surface area contributed by atoms with Gasteiger partial charge in [-0.2, -0.15) is 18.4 Å². The zero-order chi connectivity index (χ0) is 14.6. The number of anilines is 1. The predicted octanol–water partition coefficient (Wildman–Crippen LogP) is 4.08. The summed E-state index contributed by atoms with van der Waals surface area (Å²) >= 11 is 0. The second kappa shape index (κ2) is 5.66. The van der Waals surface area contributed by atoms with Crippen LogP contribution in [0.2, 0.25) is 0 Å². The molecule has 0 spiro atoms. The Labute approximate surface area is 114 Å². The lowest BCUT2D eigenvalue weighted by molar-refractivity contribution is -0.130. The first kappa shape index (κ1) is 13.9. The van der Waals surface area contributed by atoms with E-state index in [9.17, 15) is 13.2 Å². The van der Waals surface area contributed by atoms with E-state index >= 15 is 0 Å². The molecule has 2 nitrogen and oxygen atoms in total. The molecule has 0 aliphatic carbocycles. The molecule has 0 aliphatic heterocycles. The second-order valence-electron chi connectivity index (χ2n) is 4.17. The standard InChI is InChI=1S/C15H11F3N2/c16-15(17,18)20(11-12-6-2-1-3-7-12)14-9-5-4-8-13(14)10-19/h1-9H,11H2. The Hall–Kier alpha value is -2.48. The van der Waals surface area contributed by atoms with Gasteiger partial charge in [-0.15, -0.1) is 0 Å². The van der Waals surface area contributed by atoms with Crippen molar-refractivity contribution in [1.82, 2.24) is 0 Å². The van der Waals surface area contributed by atoms with Crippen molar-refractivity contribution in [3.63, 3.8) is 0 Å². The highest BCUT2D eigenvalue weighted by atomic mass is 19.4. The molecule has 0 radical (unpaired) electrons. The van der Waals surface area contributed by atoms with Gasteiger partial charge in [0.2, 0.25) is 0 Å². The van der Waals surface area contributed by atoms with Crippen LogP contribution in [-0.2, 0) is 6.54 Å². The molecular formula is C15H11F3N2. The Bertz CT molecular complexity index is 615. The number of hydrogen-bond acceptors (Lipinski definition) is 2. The molecule has 0 aliphatic rings. The van der Waals surface area contributed by atoms with E-state index < -0.39 is 6.30 Å². The monoisotopic (exact) mass is 276 g/mol. The van der Waals surface area contributed by atoms with Gasteiger partial charge in [-0.3, -0.25) is 4.90 Å². The zero-order valence-electron chi connectivity index (χ0n) is 10.4. The summed E-state index contributed by atoms with van der Waals surface area (Å²) in [6.45, 7) is -0.330. The van der Waals surface area contributed by atoms with E-state index in [0.29, 0.717) is 5.56 Å². The van der Waals surface area contributed by atoms with Crippen LogP contribution in [0.4, 0.5) is 18.9 Å². The molecule has 0 unspecified atom stereocenters. The van der Waals surface area contributed by atoms with Gasteiger partial charge in [0.15, 0.2) is 0 Å². The third-order valence-electron chi connectivity index (χ3n) is 2.80. The maximum Gasteiger partial charge on any atom is 0.485 e. The average Bonchev–Trinajstić information content (AvgIpc) is 2.45. The highest BCUT2D eigenvalue weighted by Crippen LogP contribution is 2.32. The molecule has 0 aromatic heterocycles. The normalized spacial score (nSPS) is 10.9. The van der Waals surface area contributed by atoms with Gasteiger partial charge >= 0.3 is 6.30 Å². The van der Waals surface area contributed by atoms with Gasteiger partial charge in [0.25, 0.3) is 0 Å². The van der Waals surface area contributed by atoms with Crippen LogP contribution in [0.5, 0.6) is 0 Å². The molecule has 0 amide bonds. The maximum atomic E-state index is 13.2. The van der Waals surface area contributed by atoms with Crippen LogP contribution in [0.25, 0.3) is 0 Å². The fraction of sp³-hybridized carbons (Fsp3) is 0.133. The van der Waals surface area contributed by atoms with E-state index in [4.69, 9.17) is 5.26 Å². The molecule has 0 bridgehead atoms. The lowest BCUT2D eigenvalue weighted by Gasteiger charge is -2.27. The van der Waals surface area contributed by atoms with Crippen molar-refractivity contribution in [2.75, 3.05) is 4.90 Å². The van der Waals surface area contributed by atoms with E-state index in [1.54, 1.807) is 42.5 Å². The van der Waals surface area contributed by atoms with Crippen LogP contribution < -0.4 is 4.90 Å². The fourth-order valence-electron chi connectivity index (χ4n) is 1.88. The fourth-order valence-corrected chi connectivity index (χ4v) is 1.88. The van der Waals surface area contributed by atoms with E-state index in [1.165, 1.54) is 18.2 Å². The number of rotatable bonds is 3. The number of halogens is 3. The van der Waals surface area contributed by atoms with E-state index in [1.807, 2.05) is 0 Å². The summed E-state index contributed by atoms with van der Waals surface area (Å²) in [5.41, 5.74) is 0.393. The molecule has 0 heterocycles. The summed E-state index contributed by atoms with van der Waals surface area (Å²) in [5, 5.41) is 8.96. The topological polar surface area (TPSA) is 27.0 Å². The average molecular weight is 276 g/mol. The summed E-state index contributed by atoms with van der Waals surface area (Å²) in [7, 11) is 0. The third kappa shape index (κ3) is 3.09. The van der Waals surface area contributed by atoms with E-state index in [0.717, 1.165) is 0 Å². The quantitative estimate of drug-likeness (QED) is 0.790. The van der Waals surface area contributed by atoms with Crippen LogP contribution in [0.3, 0.4) is 0 Å². The van der Waals surface area contributed by atoms with Gasteiger partial charge in [0, 0.05) is 0 Å². The highest BCUT2D eigenvalue weighted by Gasteiger charge is 2.38. The van der Waals surface area contributed by atoms with Crippen molar-refractivity contribution in [3.8, 4) is 6.07 Å². The molecule has 102 valence electrons. The third-order valence-corrected chi connectivity index (χ3v) is 2.80. The van der Waals surface area contributed by atoms with Crippen molar-refractivity contribution in [1.29, 1.82) is 5.26 Å². The van der Waals surface area contributed by atoms with Crippen molar-refractivity contribution in [3.05, 3.63) is 65.7 Å². The predicted molar refractivity (Wildman–Crippen MR) is 69.8 cm³/mol. The van der Waals surface area contributed by atoms with Crippen LogP contribution in [-0.4, -0.2) is 6.30 Å². The minimum atomic E-state index is -4.55. The van der Waals surface area contributed by atoms with Gasteiger partial charge in [-0.05, 0) is 17.7 Å². The van der Waals surface area contributed by atoms with Crippen molar-refractivity contribution in [2.24, 2.45) is 0 Å². The van der Waals surface area contributed by atoms with Gasteiger partial charge < -0.3 is 0 Å². The Balaban J connectivity index is 2.42. The molecule has 5 heteroatoms. The lowest BCUT2D eigenvalue weighted by atomic mass is 10.1. The Morgan fingerprint density at radius 3 is 2.15 bits per heavy atom. The Morgan fingerprint density at radius 1 is 0.950 bits per heavy atom. The van der Waals surface area contributed by atoms with Gasteiger partial charge in [0.1, 0.15) is 6.07 Å². The molecule has 2 aromatic carbocycles. The molecule has 2 rings (SSSR count). The van der Waals surface area contributed by atoms with Gasteiger partial charge in [0.05, 0.1) is 17.8 Å². The van der Waals surface area contributed by atoms with Crippen LogP contribution in [0.15, 0.2) is 54.6 Å². The second-order valence-corrected chi connectivity index (χ2v) is 4.17. The summed E-state index contributed by atoms with van der Waals surface area (Å²) in [5.74, 6) is 0. The largest absolute Gasteiger partial charge is 0.485 e. The molecule has 0 saturated heterocycles. The summed E-state index contributed by atoms with van der Waals surface area (Å²) < 4.78 is 39.7. The van der Waals surface area contributed by atoms with Gasteiger partial charge in [-0.25, -0.2) is 0 Å². The molecule has 0 atom stereocenters. The van der Waals surface area contributed by atoms with Crippen molar-refractivity contribution < 1.29 is 13.2 Å². The Morgan fingerprint density at radius 2 is 1.55 bits per heavy atom. The molecule has 0 saturated carbocycles. The van der Waals surface area contributed by atoms with Crippen LogP contribution in [0.1, 0.15) is 11.1 Å². The van der Waals surface area contributed by atoms with Crippen molar-refractivity contribution >= 4 is 5.69 Å². The molecule has 2 aromatic rings. The number of nitrogens with zero attached hydrogens (tertiary/aromatic N) is 2. The van der Waals surface area contributed by atoms with E-state index in [2.05, 4.69) is 0 Å². The van der Waals surface area contributed by atoms with Gasteiger partial charge in [-0.1, -0.05) is 42.5 Å². The minimum Gasteiger partial charge on any atom is -0.278 e. The molecule has 20 heavy (non-hydrogen) atoms. The minimum absolute atomic E-state index is 0.000700. The number of para-hydroxylation sites is 1. The summed E-state index contributed by atoms with van der Waals surface area (Å²) in [4.78, 5) is 0.279. The summed E-state index contributed by atoms with van der Waals surface area (Å²) in [6, 6.07) is 15.8. The molecule has 0 N–H and O–H groups in total. The van der Waals surface area contributed by atoms with Crippen LogP contribution in [0, 0.1) is 11.3 Å². The smallest absolute Gasteiger partial charge is 0.278 e. The Kier molecular flexibility index (Phi) is 3.94. The van der Waals surface area contributed by atoms with E-state index in [-0.39, 0.29) is 22.7 Å². The number of benzene rings is 2. The lowest BCUT2D eigenvalue weighted by Crippen LogP contribution is -2.38. The first-order chi connectivity index (χ1) is 9.52. The molecular weight excluding hydrogens is 265 g/mol. The number of nitriles is 1. The zero-order valence-corrected chi connectivity index (χ0v) is 10.4. The SMILES string of the molecule is N#Cc1ccccc1N(Cc1ccccc1)C(F)(F)F. The molecule has 0 fully saturated rings.